The zero-order chi connectivity index (χ0) is 20.1. The Morgan fingerprint density at radius 1 is 1.30 bits per heavy atom. The SMILES string of the molecule is CCCCN(C(=O)c1ccc(CC)o1)c1c(N)n(CC(C)C)c(=O)[nH]c1=O. The number of carbonyl (C=O) groups excluding carboxylic acids is 1. The lowest BCUT2D eigenvalue weighted by Gasteiger charge is -2.24. The van der Waals surface area contributed by atoms with Gasteiger partial charge < -0.3 is 10.2 Å². The summed E-state index contributed by atoms with van der Waals surface area (Å²) in [5.74, 6) is 0.504. The summed E-state index contributed by atoms with van der Waals surface area (Å²) in [5, 5.41) is 0. The maximum Gasteiger partial charge on any atom is 0.330 e. The van der Waals surface area contributed by atoms with Gasteiger partial charge in [0.1, 0.15) is 11.6 Å². The number of H-pyrrole nitrogens is 1. The quantitative estimate of drug-likeness (QED) is 0.734. The summed E-state index contributed by atoms with van der Waals surface area (Å²) in [6.07, 6.45) is 2.16. The fourth-order valence-corrected chi connectivity index (χ4v) is 2.83. The molecule has 0 aromatic carbocycles. The second-order valence-electron chi connectivity index (χ2n) is 6.93. The Bertz CT molecular complexity index is 907. The highest BCUT2D eigenvalue weighted by Crippen LogP contribution is 2.22. The molecular formula is C19H28N4O4. The maximum absolute atomic E-state index is 13.0. The summed E-state index contributed by atoms with van der Waals surface area (Å²) in [6.45, 7) is 8.41. The van der Waals surface area contributed by atoms with Crippen LogP contribution in [0.1, 0.15) is 56.9 Å². The van der Waals surface area contributed by atoms with Crippen molar-refractivity contribution < 1.29 is 9.21 Å². The van der Waals surface area contributed by atoms with Crippen LogP contribution in [0.15, 0.2) is 26.1 Å². The Kier molecular flexibility index (Phi) is 6.65. The minimum atomic E-state index is -0.677. The van der Waals surface area contributed by atoms with E-state index in [0.717, 1.165) is 6.42 Å². The Hall–Kier alpha value is -2.77. The second kappa shape index (κ2) is 8.75. The summed E-state index contributed by atoms with van der Waals surface area (Å²) in [5.41, 5.74) is 4.90. The number of furan rings is 1. The van der Waals surface area contributed by atoms with Crippen LogP contribution in [-0.4, -0.2) is 22.0 Å². The van der Waals surface area contributed by atoms with Crippen molar-refractivity contribution in [3.05, 3.63) is 44.5 Å². The number of aryl methyl sites for hydroxylation is 1. The van der Waals surface area contributed by atoms with Crippen molar-refractivity contribution in [3.8, 4) is 0 Å². The summed E-state index contributed by atoms with van der Waals surface area (Å²) in [4.78, 5) is 41.3. The molecule has 0 radical (unpaired) electrons. The number of nitrogens with zero attached hydrogens (tertiary/aromatic N) is 2. The number of hydrogen-bond acceptors (Lipinski definition) is 5. The normalized spacial score (nSPS) is 11.1. The fourth-order valence-electron chi connectivity index (χ4n) is 2.83. The molecule has 27 heavy (non-hydrogen) atoms. The van der Waals surface area contributed by atoms with Crippen LogP contribution >= 0.6 is 0 Å². The molecule has 0 bridgehead atoms. The molecule has 8 heteroatoms. The lowest BCUT2D eigenvalue weighted by atomic mass is 10.2. The van der Waals surface area contributed by atoms with E-state index < -0.39 is 17.2 Å². The first-order chi connectivity index (χ1) is 12.8. The summed E-state index contributed by atoms with van der Waals surface area (Å²) >= 11 is 0. The molecule has 0 saturated heterocycles. The molecule has 2 aromatic heterocycles. The van der Waals surface area contributed by atoms with Crippen LogP contribution in [-0.2, 0) is 13.0 Å². The van der Waals surface area contributed by atoms with Crippen molar-refractivity contribution in [1.82, 2.24) is 9.55 Å². The van der Waals surface area contributed by atoms with Crippen molar-refractivity contribution in [1.29, 1.82) is 0 Å². The van der Waals surface area contributed by atoms with Gasteiger partial charge in [0.2, 0.25) is 0 Å². The number of unbranched alkanes of at least 4 members (excludes halogenated alkanes) is 1. The summed E-state index contributed by atoms with van der Waals surface area (Å²) < 4.78 is 6.86. The second-order valence-corrected chi connectivity index (χ2v) is 6.93. The van der Waals surface area contributed by atoms with Crippen molar-refractivity contribution in [2.75, 3.05) is 17.2 Å². The van der Waals surface area contributed by atoms with Gasteiger partial charge in [0.05, 0.1) is 0 Å². The third kappa shape index (κ3) is 4.50. The fraction of sp³-hybridized carbons (Fsp3) is 0.526. The maximum atomic E-state index is 13.0. The van der Waals surface area contributed by atoms with Gasteiger partial charge in [-0.15, -0.1) is 0 Å². The average molecular weight is 376 g/mol. The number of nitrogens with one attached hydrogen (secondary N) is 1. The van der Waals surface area contributed by atoms with E-state index in [9.17, 15) is 14.4 Å². The minimum Gasteiger partial charge on any atom is -0.456 e. The molecule has 0 unspecified atom stereocenters. The van der Waals surface area contributed by atoms with E-state index in [-0.39, 0.29) is 23.2 Å². The number of nitrogens with two attached hydrogens (primary N) is 1. The molecule has 3 N–H and O–H groups in total. The Morgan fingerprint density at radius 2 is 2.00 bits per heavy atom. The van der Waals surface area contributed by atoms with Gasteiger partial charge in [0.15, 0.2) is 11.4 Å². The predicted molar refractivity (Wildman–Crippen MR) is 105 cm³/mol. The zero-order valence-electron chi connectivity index (χ0n) is 16.4. The van der Waals surface area contributed by atoms with Gasteiger partial charge in [-0.3, -0.25) is 24.0 Å². The van der Waals surface area contributed by atoms with Gasteiger partial charge in [0.25, 0.3) is 11.5 Å². The summed E-state index contributed by atoms with van der Waals surface area (Å²) in [7, 11) is 0. The van der Waals surface area contributed by atoms with Gasteiger partial charge in [-0.05, 0) is 24.5 Å². The van der Waals surface area contributed by atoms with Crippen LogP contribution in [0, 0.1) is 5.92 Å². The third-order valence-corrected chi connectivity index (χ3v) is 4.23. The van der Waals surface area contributed by atoms with E-state index in [0.29, 0.717) is 31.7 Å². The lowest BCUT2D eigenvalue weighted by Crippen LogP contribution is -2.42. The molecule has 0 saturated carbocycles. The lowest BCUT2D eigenvalue weighted by molar-refractivity contribution is 0.0958. The topological polar surface area (TPSA) is 114 Å². The summed E-state index contributed by atoms with van der Waals surface area (Å²) in [6, 6.07) is 3.33. The van der Waals surface area contributed by atoms with Crippen LogP contribution < -0.4 is 21.9 Å². The molecule has 0 aliphatic heterocycles. The van der Waals surface area contributed by atoms with Gasteiger partial charge in [0, 0.05) is 19.5 Å². The number of rotatable bonds is 8. The Morgan fingerprint density at radius 3 is 2.56 bits per heavy atom. The highest BCUT2D eigenvalue weighted by Gasteiger charge is 2.27. The first kappa shape index (κ1) is 20.5. The smallest absolute Gasteiger partial charge is 0.330 e. The van der Waals surface area contributed by atoms with Gasteiger partial charge in [-0.2, -0.15) is 0 Å². The highest BCUT2D eigenvalue weighted by molar-refractivity contribution is 6.05. The molecular weight excluding hydrogens is 348 g/mol. The van der Waals surface area contributed by atoms with E-state index in [2.05, 4.69) is 4.98 Å². The molecule has 2 heterocycles. The number of aromatic amines is 1. The monoisotopic (exact) mass is 376 g/mol. The van der Waals surface area contributed by atoms with Crippen molar-refractivity contribution >= 4 is 17.4 Å². The molecule has 148 valence electrons. The van der Waals surface area contributed by atoms with Crippen LogP contribution in [0.3, 0.4) is 0 Å². The molecule has 8 nitrogen and oxygen atoms in total. The van der Waals surface area contributed by atoms with Gasteiger partial charge in [-0.1, -0.05) is 34.1 Å². The minimum absolute atomic E-state index is 0.0100. The number of amides is 1. The van der Waals surface area contributed by atoms with E-state index in [1.165, 1.54) is 9.47 Å². The molecule has 0 aliphatic rings. The number of anilines is 2. The van der Waals surface area contributed by atoms with E-state index in [1.54, 1.807) is 12.1 Å². The van der Waals surface area contributed by atoms with Crippen LogP contribution in [0.4, 0.5) is 11.5 Å². The average Bonchev–Trinajstić information content (AvgIpc) is 3.09. The number of hydrogen-bond donors (Lipinski definition) is 2. The first-order valence-electron chi connectivity index (χ1n) is 9.33. The number of aromatic nitrogens is 2. The van der Waals surface area contributed by atoms with E-state index in [4.69, 9.17) is 10.2 Å². The highest BCUT2D eigenvalue weighted by atomic mass is 16.4. The van der Waals surface area contributed by atoms with Crippen LogP contribution in [0.2, 0.25) is 0 Å². The Balaban J connectivity index is 2.57. The molecule has 0 fully saturated rings. The van der Waals surface area contributed by atoms with Crippen molar-refractivity contribution in [2.24, 2.45) is 5.92 Å². The predicted octanol–water partition coefficient (Wildman–Crippen LogP) is 2.38. The standard InChI is InChI=1S/C19H28N4O4/c1-5-7-10-22(18(25)14-9-8-13(6-2)27-14)15-16(20)23(11-12(3)4)19(26)21-17(15)24/h8-9,12H,5-7,10-11,20H2,1-4H3,(H,21,24,26). The Labute approximate surface area is 158 Å². The van der Waals surface area contributed by atoms with Crippen molar-refractivity contribution in [3.63, 3.8) is 0 Å². The van der Waals surface area contributed by atoms with Gasteiger partial charge >= 0.3 is 5.69 Å². The molecule has 2 aromatic rings. The van der Waals surface area contributed by atoms with Crippen molar-refractivity contribution in [2.45, 2.75) is 53.5 Å². The molecule has 2 rings (SSSR count). The van der Waals surface area contributed by atoms with Gasteiger partial charge in [-0.25, -0.2) is 4.79 Å². The molecule has 0 aliphatic carbocycles. The van der Waals surface area contributed by atoms with Crippen LogP contribution in [0.25, 0.3) is 0 Å². The third-order valence-electron chi connectivity index (χ3n) is 4.23. The number of nitrogen functional groups attached to an aromatic ring is 1. The van der Waals surface area contributed by atoms with Crippen LogP contribution in [0.5, 0.6) is 0 Å². The van der Waals surface area contributed by atoms with E-state index in [1.807, 2.05) is 27.7 Å². The number of carbonyl (C=O) groups is 1. The van der Waals surface area contributed by atoms with E-state index >= 15 is 0 Å². The zero-order valence-corrected chi connectivity index (χ0v) is 16.4. The molecule has 0 spiro atoms. The molecule has 0 atom stereocenters. The largest absolute Gasteiger partial charge is 0.456 e. The first-order valence-corrected chi connectivity index (χ1v) is 9.33. The molecule has 1 amide bonds.